The van der Waals surface area contributed by atoms with Gasteiger partial charge in [0.2, 0.25) is 5.91 Å². The minimum absolute atomic E-state index is 0.0472. The number of carbonyl (C=O) groups excluding carboxylic acids is 1. The van der Waals surface area contributed by atoms with E-state index >= 15 is 0 Å². The van der Waals surface area contributed by atoms with Crippen LogP contribution in [-0.2, 0) is 10.5 Å². The third kappa shape index (κ3) is 7.03. The number of aryl methyl sites for hydroxylation is 1. The van der Waals surface area contributed by atoms with Crippen LogP contribution in [0.3, 0.4) is 0 Å². The summed E-state index contributed by atoms with van der Waals surface area (Å²) in [6.07, 6.45) is 0. The molecule has 0 spiro atoms. The van der Waals surface area contributed by atoms with Crippen LogP contribution in [0.4, 0.5) is 0 Å². The van der Waals surface area contributed by atoms with E-state index in [4.69, 9.17) is 9.47 Å². The van der Waals surface area contributed by atoms with Crippen molar-refractivity contribution in [3.8, 4) is 11.5 Å². The average molecular weight is 406 g/mol. The Morgan fingerprint density at radius 3 is 2.59 bits per heavy atom. The topological polar surface area (TPSA) is 47.6 Å². The first-order chi connectivity index (χ1) is 13.0. The molecule has 0 aliphatic carbocycles. The molecule has 4 nitrogen and oxygen atoms in total. The predicted octanol–water partition coefficient (Wildman–Crippen LogP) is 4.54. The molecule has 2 rings (SSSR count). The summed E-state index contributed by atoms with van der Waals surface area (Å²) >= 11 is 3.34. The van der Waals surface area contributed by atoms with E-state index in [9.17, 15) is 4.79 Å². The molecule has 0 aliphatic rings. The molecule has 1 N–H and O–H groups in total. The number of methoxy groups -OCH3 is 2. The minimum atomic E-state index is -0.176. The van der Waals surface area contributed by atoms with E-state index in [1.165, 1.54) is 22.9 Å². The summed E-state index contributed by atoms with van der Waals surface area (Å²) in [4.78, 5) is 13.3. The van der Waals surface area contributed by atoms with Gasteiger partial charge in [0.1, 0.15) is 0 Å². The van der Waals surface area contributed by atoms with Gasteiger partial charge in [-0.2, -0.15) is 11.8 Å². The number of ether oxygens (including phenoxy) is 2. The molecule has 0 saturated heterocycles. The molecule has 0 aromatic heterocycles. The summed E-state index contributed by atoms with van der Waals surface area (Å²) in [7, 11) is 3.22. The van der Waals surface area contributed by atoms with Gasteiger partial charge in [0.25, 0.3) is 0 Å². The molecule has 0 bridgehead atoms. The second kappa shape index (κ2) is 11.1. The van der Waals surface area contributed by atoms with Crippen LogP contribution in [0.25, 0.3) is 0 Å². The summed E-state index contributed by atoms with van der Waals surface area (Å²) in [5.74, 6) is 3.26. The highest BCUT2D eigenvalue weighted by Crippen LogP contribution is 2.33. The molecular weight excluding hydrogens is 378 g/mol. The number of benzene rings is 2. The molecule has 0 radical (unpaired) electrons. The molecular formula is C21H27NO3S2. The smallest absolute Gasteiger partial charge is 0.233 e. The highest BCUT2D eigenvalue weighted by molar-refractivity contribution is 8.00. The van der Waals surface area contributed by atoms with Crippen molar-refractivity contribution < 1.29 is 14.3 Å². The number of thioether (sulfide) groups is 2. The molecule has 6 heteroatoms. The van der Waals surface area contributed by atoms with Gasteiger partial charge in [0.15, 0.2) is 11.5 Å². The second-order valence-corrected chi connectivity index (χ2v) is 8.63. The fraction of sp³-hybridized carbons (Fsp3) is 0.381. The van der Waals surface area contributed by atoms with Gasteiger partial charge in [0.05, 0.1) is 19.5 Å². The fourth-order valence-corrected chi connectivity index (χ4v) is 4.26. The SMILES string of the molecule is COc1ccc(SC(C)C(=O)NCCSCc2cccc(C)c2)cc1OC. The van der Waals surface area contributed by atoms with Gasteiger partial charge in [0, 0.05) is 22.9 Å². The molecule has 2 aromatic carbocycles. The van der Waals surface area contributed by atoms with Gasteiger partial charge in [-0.1, -0.05) is 29.8 Å². The van der Waals surface area contributed by atoms with Crippen molar-refractivity contribution in [2.75, 3.05) is 26.5 Å². The van der Waals surface area contributed by atoms with E-state index in [1.807, 2.05) is 36.9 Å². The minimum Gasteiger partial charge on any atom is -0.493 e. The number of rotatable bonds is 10. The molecule has 1 amide bonds. The van der Waals surface area contributed by atoms with Crippen molar-refractivity contribution in [2.24, 2.45) is 0 Å². The van der Waals surface area contributed by atoms with Crippen molar-refractivity contribution in [3.63, 3.8) is 0 Å². The molecule has 146 valence electrons. The van der Waals surface area contributed by atoms with Crippen molar-refractivity contribution in [2.45, 2.75) is 29.7 Å². The molecule has 2 aromatic rings. The zero-order valence-electron chi connectivity index (χ0n) is 16.3. The Bertz CT molecular complexity index is 752. The van der Waals surface area contributed by atoms with Crippen molar-refractivity contribution in [1.29, 1.82) is 0 Å². The summed E-state index contributed by atoms with van der Waals surface area (Å²) < 4.78 is 10.6. The number of hydrogen-bond donors (Lipinski definition) is 1. The Kier molecular flexibility index (Phi) is 8.88. The van der Waals surface area contributed by atoms with Gasteiger partial charge in [-0.15, -0.1) is 11.8 Å². The van der Waals surface area contributed by atoms with Crippen LogP contribution in [-0.4, -0.2) is 37.7 Å². The quantitative estimate of drug-likeness (QED) is 0.464. The Hall–Kier alpha value is -1.79. The molecule has 0 aliphatic heterocycles. The summed E-state index contributed by atoms with van der Waals surface area (Å²) in [6.45, 7) is 4.69. The van der Waals surface area contributed by atoms with Crippen LogP contribution in [0.15, 0.2) is 47.4 Å². The first-order valence-electron chi connectivity index (χ1n) is 8.83. The largest absolute Gasteiger partial charge is 0.493 e. The number of nitrogens with one attached hydrogen (secondary N) is 1. The number of amides is 1. The second-order valence-electron chi connectivity index (χ2n) is 6.11. The Labute approximate surface area is 170 Å². The van der Waals surface area contributed by atoms with Gasteiger partial charge in [-0.25, -0.2) is 0 Å². The lowest BCUT2D eigenvalue weighted by Crippen LogP contribution is -2.32. The van der Waals surface area contributed by atoms with Crippen LogP contribution < -0.4 is 14.8 Å². The van der Waals surface area contributed by atoms with E-state index in [0.717, 1.165) is 16.4 Å². The van der Waals surface area contributed by atoms with Crippen molar-refractivity contribution >= 4 is 29.4 Å². The van der Waals surface area contributed by atoms with E-state index in [-0.39, 0.29) is 11.2 Å². The lowest BCUT2D eigenvalue weighted by molar-refractivity contribution is -0.120. The van der Waals surface area contributed by atoms with Crippen LogP contribution >= 0.6 is 23.5 Å². The summed E-state index contributed by atoms with van der Waals surface area (Å²) in [5, 5.41) is 2.84. The predicted molar refractivity (Wildman–Crippen MR) is 115 cm³/mol. The first-order valence-corrected chi connectivity index (χ1v) is 10.9. The van der Waals surface area contributed by atoms with Gasteiger partial charge >= 0.3 is 0 Å². The summed E-state index contributed by atoms with van der Waals surface area (Å²) in [5.41, 5.74) is 2.60. The molecule has 27 heavy (non-hydrogen) atoms. The lowest BCUT2D eigenvalue weighted by atomic mass is 10.2. The summed E-state index contributed by atoms with van der Waals surface area (Å²) in [6, 6.07) is 14.2. The van der Waals surface area contributed by atoms with Crippen LogP contribution in [0.5, 0.6) is 11.5 Å². The standard InChI is InChI=1S/C21H27NO3S2/c1-15-6-5-7-17(12-15)14-26-11-10-22-21(23)16(2)27-18-8-9-19(24-3)20(13-18)25-4/h5-9,12-13,16H,10-11,14H2,1-4H3,(H,22,23). The van der Waals surface area contributed by atoms with Crippen LogP contribution in [0, 0.1) is 6.92 Å². The zero-order chi connectivity index (χ0) is 19.6. The fourth-order valence-electron chi connectivity index (χ4n) is 2.53. The first kappa shape index (κ1) is 21.5. The van der Waals surface area contributed by atoms with E-state index in [2.05, 4.69) is 36.5 Å². The molecule has 0 saturated carbocycles. The highest BCUT2D eigenvalue weighted by atomic mass is 32.2. The lowest BCUT2D eigenvalue weighted by Gasteiger charge is -2.14. The van der Waals surface area contributed by atoms with Crippen molar-refractivity contribution in [3.05, 3.63) is 53.6 Å². The highest BCUT2D eigenvalue weighted by Gasteiger charge is 2.15. The maximum absolute atomic E-state index is 12.3. The van der Waals surface area contributed by atoms with Gasteiger partial charge in [-0.3, -0.25) is 4.79 Å². The Morgan fingerprint density at radius 2 is 1.89 bits per heavy atom. The van der Waals surface area contributed by atoms with E-state index < -0.39 is 0 Å². The maximum Gasteiger partial charge on any atom is 0.233 e. The third-order valence-electron chi connectivity index (χ3n) is 3.93. The molecule has 0 heterocycles. The van der Waals surface area contributed by atoms with Gasteiger partial charge in [-0.05, 0) is 37.6 Å². The van der Waals surface area contributed by atoms with Gasteiger partial charge < -0.3 is 14.8 Å². The zero-order valence-corrected chi connectivity index (χ0v) is 17.9. The Morgan fingerprint density at radius 1 is 1.11 bits per heavy atom. The molecule has 0 fully saturated rings. The monoisotopic (exact) mass is 405 g/mol. The number of hydrogen-bond acceptors (Lipinski definition) is 5. The normalized spacial score (nSPS) is 11.7. The number of carbonyl (C=O) groups is 1. The van der Waals surface area contributed by atoms with E-state index in [1.54, 1.807) is 14.2 Å². The molecule has 1 unspecified atom stereocenters. The molecule has 1 atom stereocenters. The van der Waals surface area contributed by atoms with Crippen LogP contribution in [0.2, 0.25) is 0 Å². The van der Waals surface area contributed by atoms with E-state index in [0.29, 0.717) is 18.0 Å². The third-order valence-corrected chi connectivity index (χ3v) is 6.06. The van der Waals surface area contributed by atoms with Crippen LogP contribution in [0.1, 0.15) is 18.1 Å². The average Bonchev–Trinajstić information content (AvgIpc) is 2.67. The van der Waals surface area contributed by atoms with Crippen molar-refractivity contribution in [1.82, 2.24) is 5.32 Å². The Balaban J connectivity index is 1.72. The maximum atomic E-state index is 12.3.